The molecular weight excluding hydrogens is 86.1 g/mol. The van der Waals surface area contributed by atoms with Gasteiger partial charge < -0.3 is 5.73 Å². The Morgan fingerprint density at radius 2 is 2.29 bits per heavy atom. The Hall–Kier alpha value is -0.300. The van der Waals surface area contributed by atoms with E-state index in [1.54, 1.807) is 0 Å². The molecule has 0 atom stereocenters. The van der Waals surface area contributed by atoms with E-state index in [-0.39, 0.29) is 0 Å². The molecule has 2 N–H and O–H groups in total. The van der Waals surface area contributed by atoms with E-state index in [1.165, 1.54) is 0 Å². The Bertz CT molecular complexity index is 48.1. The zero-order chi connectivity index (χ0) is 5.54. The third-order valence-electron chi connectivity index (χ3n) is 0.811. The van der Waals surface area contributed by atoms with Gasteiger partial charge in [0.1, 0.15) is 0 Å². The molecule has 0 aliphatic heterocycles. The van der Waals surface area contributed by atoms with Gasteiger partial charge in [0.25, 0.3) is 0 Å². The standard InChI is InChI=1S/C6H13N/c1-2-3-4-5-6-7/h2-3H,4-7H2,1H3/b3-2+. The zero-order valence-electron chi connectivity index (χ0n) is 4.85. The lowest BCUT2D eigenvalue weighted by Gasteiger charge is -1.84. The maximum atomic E-state index is 5.24. The Morgan fingerprint density at radius 3 is 2.71 bits per heavy atom. The Kier molecular flexibility index (Phi) is 5.46. The van der Waals surface area contributed by atoms with Crippen LogP contribution in [0.1, 0.15) is 19.8 Å². The van der Waals surface area contributed by atoms with Gasteiger partial charge in [0.05, 0.1) is 0 Å². The molecule has 0 aromatic carbocycles. The molecule has 0 saturated carbocycles. The van der Waals surface area contributed by atoms with E-state index in [2.05, 4.69) is 12.2 Å². The highest BCUT2D eigenvalue weighted by Gasteiger charge is 1.73. The van der Waals surface area contributed by atoms with Crippen LogP contribution in [0.5, 0.6) is 0 Å². The van der Waals surface area contributed by atoms with E-state index in [1.807, 2.05) is 6.92 Å². The van der Waals surface area contributed by atoms with Crippen LogP contribution in [0.3, 0.4) is 0 Å². The molecule has 0 spiro atoms. The minimum Gasteiger partial charge on any atom is -0.330 e. The molecule has 0 heterocycles. The number of allylic oxidation sites excluding steroid dienone is 2. The Balaban J connectivity index is 2.69. The third-order valence-corrected chi connectivity index (χ3v) is 0.811. The van der Waals surface area contributed by atoms with Gasteiger partial charge >= 0.3 is 0 Å². The summed E-state index contributed by atoms with van der Waals surface area (Å²) in [5.41, 5.74) is 5.24. The maximum Gasteiger partial charge on any atom is -0.00743 e. The molecule has 0 aliphatic carbocycles. The third kappa shape index (κ3) is 5.70. The molecule has 0 aliphatic rings. The summed E-state index contributed by atoms with van der Waals surface area (Å²) in [4.78, 5) is 0. The highest BCUT2D eigenvalue weighted by molar-refractivity contribution is 4.76. The predicted molar refractivity (Wildman–Crippen MR) is 33.1 cm³/mol. The van der Waals surface area contributed by atoms with Crippen molar-refractivity contribution in [2.45, 2.75) is 19.8 Å². The van der Waals surface area contributed by atoms with Crippen molar-refractivity contribution in [3.63, 3.8) is 0 Å². The molecule has 0 rings (SSSR count). The predicted octanol–water partition coefficient (Wildman–Crippen LogP) is 1.30. The Morgan fingerprint density at radius 1 is 1.57 bits per heavy atom. The zero-order valence-corrected chi connectivity index (χ0v) is 4.85. The molecule has 0 saturated heterocycles. The highest BCUT2D eigenvalue weighted by atomic mass is 14.5. The van der Waals surface area contributed by atoms with Crippen molar-refractivity contribution in [2.75, 3.05) is 6.54 Å². The van der Waals surface area contributed by atoms with Gasteiger partial charge in [0.15, 0.2) is 0 Å². The molecule has 0 radical (unpaired) electrons. The van der Waals surface area contributed by atoms with Gasteiger partial charge in [0.2, 0.25) is 0 Å². The summed E-state index contributed by atoms with van der Waals surface area (Å²) >= 11 is 0. The molecule has 0 fully saturated rings. The van der Waals surface area contributed by atoms with Gasteiger partial charge in [-0.1, -0.05) is 12.2 Å². The van der Waals surface area contributed by atoms with E-state index in [0.717, 1.165) is 19.4 Å². The topological polar surface area (TPSA) is 26.0 Å². The van der Waals surface area contributed by atoms with E-state index in [9.17, 15) is 0 Å². The van der Waals surface area contributed by atoms with Crippen molar-refractivity contribution in [3.05, 3.63) is 12.2 Å². The van der Waals surface area contributed by atoms with Crippen LogP contribution in [0.25, 0.3) is 0 Å². The lowest BCUT2D eigenvalue weighted by molar-refractivity contribution is 0.854. The molecule has 0 amide bonds. The number of nitrogens with two attached hydrogens (primary N) is 1. The summed E-state index contributed by atoms with van der Waals surface area (Å²) in [5, 5.41) is 0. The average molecular weight is 99.2 g/mol. The summed E-state index contributed by atoms with van der Waals surface area (Å²) in [6, 6.07) is 0. The number of unbranched alkanes of at least 4 members (excludes halogenated alkanes) is 1. The molecule has 0 bridgehead atoms. The molecule has 7 heavy (non-hydrogen) atoms. The summed E-state index contributed by atoms with van der Waals surface area (Å²) in [7, 11) is 0. The van der Waals surface area contributed by atoms with Crippen LogP contribution in [-0.4, -0.2) is 6.54 Å². The van der Waals surface area contributed by atoms with Crippen molar-refractivity contribution in [1.82, 2.24) is 0 Å². The van der Waals surface area contributed by atoms with Crippen LogP contribution >= 0.6 is 0 Å². The molecular formula is C6H13N. The summed E-state index contributed by atoms with van der Waals surface area (Å²) in [6.45, 7) is 2.83. The second-order valence-corrected chi connectivity index (χ2v) is 1.50. The highest BCUT2D eigenvalue weighted by Crippen LogP contribution is 1.85. The quantitative estimate of drug-likeness (QED) is 0.419. The number of rotatable bonds is 3. The summed E-state index contributed by atoms with van der Waals surface area (Å²) < 4.78 is 0. The normalized spacial score (nSPS) is 10.6. The van der Waals surface area contributed by atoms with Gasteiger partial charge in [0, 0.05) is 0 Å². The monoisotopic (exact) mass is 99.1 g/mol. The van der Waals surface area contributed by atoms with Crippen molar-refractivity contribution < 1.29 is 0 Å². The van der Waals surface area contributed by atoms with Gasteiger partial charge in [-0.05, 0) is 26.3 Å². The van der Waals surface area contributed by atoms with Crippen molar-refractivity contribution >= 4 is 0 Å². The van der Waals surface area contributed by atoms with Crippen molar-refractivity contribution in [3.8, 4) is 0 Å². The first-order chi connectivity index (χ1) is 3.41. The van der Waals surface area contributed by atoms with Gasteiger partial charge in [-0.15, -0.1) is 0 Å². The SMILES string of the molecule is C/C=C/CCCN. The Labute approximate surface area is 45.2 Å². The smallest absolute Gasteiger partial charge is 0.00743 e. The van der Waals surface area contributed by atoms with Crippen LogP contribution < -0.4 is 5.73 Å². The van der Waals surface area contributed by atoms with Crippen molar-refractivity contribution in [1.29, 1.82) is 0 Å². The fraction of sp³-hybridized carbons (Fsp3) is 0.667. The fourth-order valence-corrected chi connectivity index (χ4v) is 0.402. The second-order valence-electron chi connectivity index (χ2n) is 1.50. The van der Waals surface area contributed by atoms with Gasteiger partial charge in [-0.25, -0.2) is 0 Å². The largest absolute Gasteiger partial charge is 0.330 e. The van der Waals surface area contributed by atoms with Gasteiger partial charge in [-0.3, -0.25) is 0 Å². The first kappa shape index (κ1) is 6.70. The van der Waals surface area contributed by atoms with E-state index >= 15 is 0 Å². The maximum absolute atomic E-state index is 5.24. The first-order valence-corrected chi connectivity index (χ1v) is 2.73. The summed E-state index contributed by atoms with van der Waals surface area (Å²) in [6.07, 6.45) is 6.43. The van der Waals surface area contributed by atoms with Crippen LogP contribution in [0.2, 0.25) is 0 Å². The molecule has 0 unspecified atom stereocenters. The number of hydrogen-bond donors (Lipinski definition) is 1. The van der Waals surface area contributed by atoms with E-state index in [4.69, 9.17) is 5.73 Å². The molecule has 42 valence electrons. The second kappa shape index (κ2) is 5.70. The minimum atomic E-state index is 0.810. The minimum absolute atomic E-state index is 0.810. The number of hydrogen-bond acceptors (Lipinski definition) is 1. The first-order valence-electron chi connectivity index (χ1n) is 2.73. The van der Waals surface area contributed by atoms with Crippen LogP contribution in [0.15, 0.2) is 12.2 Å². The van der Waals surface area contributed by atoms with E-state index in [0.29, 0.717) is 0 Å². The molecule has 0 aromatic heterocycles. The lowest BCUT2D eigenvalue weighted by atomic mass is 10.3. The molecule has 1 nitrogen and oxygen atoms in total. The average Bonchev–Trinajstić information content (AvgIpc) is 1.69. The van der Waals surface area contributed by atoms with Crippen molar-refractivity contribution in [2.24, 2.45) is 5.73 Å². The van der Waals surface area contributed by atoms with Crippen LogP contribution in [0, 0.1) is 0 Å². The molecule has 1 heteroatoms. The molecule has 0 aromatic rings. The van der Waals surface area contributed by atoms with Crippen LogP contribution in [-0.2, 0) is 0 Å². The fourth-order valence-electron chi connectivity index (χ4n) is 0.402. The summed E-state index contributed by atoms with van der Waals surface area (Å²) in [5.74, 6) is 0. The van der Waals surface area contributed by atoms with Gasteiger partial charge in [-0.2, -0.15) is 0 Å². The van der Waals surface area contributed by atoms with Crippen LogP contribution in [0.4, 0.5) is 0 Å². The lowest BCUT2D eigenvalue weighted by Crippen LogP contribution is -1.96. The van der Waals surface area contributed by atoms with E-state index < -0.39 is 0 Å².